The predicted octanol–water partition coefficient (Wildman–Crippen LogP) is 2.66. The molecule has 10 heteroatoms. The van der Waals surface area contributed by atoms with E-state index in [0.29, 0.717) is 13.2 Å². The Morgan fingerprint density at radius 1 is 1.15 bits per heavy atom. The van der Waals surface area contributed by atoms with Gasteiger partial charge in [0, 0.05) is 39.4 Å². The minimum atomic E-state index is 0. The number of nitrogens with zero attached hydrogens (tertiary/aromatic N) is 5. The van der Waals surface area contributed by atoms with Gasteiger partial charge in [-0.1, -0.05) is 18.2 Å². The van der Waals surface area contributed by atoms with Crippen molar-refractivity contribution in [1.82, 2.24) is 30.3 Å². The monoisotopic (exact) mass is 571 g/mol. The number of hydrogen-bond donors (Lipinski definition) is 2. The molecule has 0 aliphatic carbocycles. The number of rotatable bonds is 11. The zero-order chi connectivity index (χ0) is 22.8. The van der Waals surface area contributed by atoms with Gasteiger partial charge in [0.15, 0.2) is 11.8 Å². The second-order valence-electron chi connectivity index (χ2n) is 8.04. The third-order valence-electron chi connectivity index (χ3n) is 5.92. The molecule has 0 amide bonds. The summed E-state index contributed by atoms with van der Waals surface area (Å²) in [6.45, 7) is 6.80. The molecule has 33 heavy (non-hydrogen) atoms. The maximum absolute atomic E-state index is 5.67. The smallest absolute Gasteiger partial charge is 0.191 e. The lowest BCUT2D eigenvalue weighted by molar-refractivity contribution is 0.195. The van der Waals surface area contributed by atoms with Crippen LogP contribution in [-0.2, 0) is 18.3 Å². The van der Waals surface area contributed by atoms with Gasteiger partial charge in [0.2, 0.25) is 0 Å². The summed E-state index contributed by atoms with van der Waals surface area (Å²) in [6.07, 6.45) is 3.36. The van der Waals surface area contributed by atoms with Crippen LogP contribution in [0.1, 0.15) is 42.5 Å². The van der Waals surface area contributed by atoms with Crippen LogP contribution in [0.15, 0.2) is 29.3 Å². The third kappa shape index (κ3) is 7.82. The Hall–Kier alpha value is -1.92. The van der Waals surface area contributed by atoms with Crippen molar-refractivity contribution < 1.29 is 9.47 Å². The van der Waals surface area contributed by atoms with Crippen LogP contribution in [0.2, 0.25) is 0 Å². The van der Waals surface area contributed by atoms with Gasteiger partial charge in [-0.2, -0.15) is 0 Å². The van der Waals surface area contributed by atoms with Crippen molar-refractivity contribution in [3.63, 3.8) is 0 Å². The molecule has 0 spiro atoms. The number of nitrogens with one attached hydrogen (secondary N) is 2. The van der Waals surface area contributed by atoms with Crippen molar-refractivity contribution in [2.24, 2.45) is 12.0 Å². The molecule has 2 N–H and O–H groups in total. The van der Waals surface area contributed by atoms with Crippen molar-refractivity contribution in [2.75, 3.05) is 47.0 Å². The number of para-hydroxylation sites is 1. The molecule has 2 heterocycles. The summed E-state index contributed by atoms with van der Waals surface area (Å²) in [5.41, 5.74) is 1.20. The Bertz CT molecular complexity index is 868. The molecule has 1 unspecified atom stereocenters. The van der Waals surface area contributed by atoms with Crippen molar-refractivity contribution in [2.45, 2.75) is 38.8 Å². The van der Waals surface area contributed by atoms with E-state index in [1.165, 1.54) is 18.4 Å². The molecule has 1 aromatic heterocycles. The number of ether oxygens (including phenoxy) is 2. The highest BCUT2D eigenvalue weighted by Gasteiger charge is 2.26. The summed E-state index contributed by atoms with van der Waals surface area (Å²) in [7, 11) is 5.42. The van der Waals surface area contributed by atoms with Crippen LogP contribution in [-0.4, -0.2) is 72.6 Å². The highest BCUT2D eigenvalue weighted by atomic mass is 127. The zero-order valence-corrected chi connectivity index (χ0v) is 22.5. The molecule has 1 saturated heterocycles. The van der Waals surface area contributed by atoms with Gasteiger partial charge < -0.3 is 24.7 Å². The average molecular weight is 572 g/mol. The second-order valence-corrected chi connectivity index (χ2v) is 8.04. The molecular weight excluding hydrogens is 533 g/mol. The van der Waals surface area contributed by atoms with Gasteiger partial charge in [-0.05, 0) is 45.3 Å². The molecular formula is C23H38IN7O2. The van der Waals surface area contributed by atoms with E-state index in [2.05, 4.69) is 37.9 Å². The molecule has 1 aliphatic rings. The first-order valence-corrected chi connectivity index (χ1v) is 11.4. The third-order valence-corrected chi connectivity index (χ3v) is 5.92. The van der Waals surface area contributed by atoms with E-state index in [9.17, 15) is 0 Å². The predicted molar refractivity (Wildman–Crippen MR) is 141 cm³/mol. The van der Waals surface area contributed by atoms with Gasteiger partial charge in [-0.25, -0.2) is 4.99 Å². The average Bonchev–Trinajstić information content (AvgIpc) is 3.46. The van der Waals surface area contributed by atoms with E-state index >= 15 is 0 Å². The van der Waals surface area contributed by atoms with Crippen molar-refractivity contribution in [3.8, 4) is 5.75 Å². The Balaban J connectivity index is 0.00000385. The minimum absolute atomic E-state index is 0. The van der Waals surface area contributed by atoms with Gasteiger partial charge in [-0.3, -0.25) is 4.90 Å². The van der Waals surface area contributed by atoms with Gasteiger partial charge in [-0.15, -0.1) is 34.2 Å². The molecule has 1 fully saturated rings. The first kappa shape index (κ1) is 27.3. The maximum atomic E-state index is 5.67. The van der Waals surface area contributed by atoms with E-state index < -0.39 is 0 Å². The van der Waals surface area contributed by atoms with E-state index in [4.69, 9.17) is 14.5 Å². The molecule has 1 aromatic carbocycles. The SMILES string of the molecule is COCCCNC(=NCc1nnc(C)n1C)NCC(c1ccccc1OC)N1CCCC1.I. The molecule has 2 aromatic rings. The highest BCUT2D eigenvalue weighted by Crippen LogP contribution is 2.31. The largest absolute Gasteiger partial charge is 0.496 e. The summed E-state index contributed by atoms with van der Waals surface area (Å²) in [6, 6.07) is 8.50. The summed E-state index contributed by atoms with van der Waals surface area (Å²) < 4.78 is 12.8. The van der Waals surface area contributed by atoms with Crippen LogP contribution in [0.4, 0.5) is 0 Å². The lowest BCUT2D eigenvalue weighted by Gasteiger charge is -2.30. The first-order chi connectivity index (χ1) is 15.6. The number of likely N-dealkylation sites (tertiary alicyclic amines) is 1. The molecule has 1 atom stereocenters. The van der Waals surface area contributed by atoms with E-state index in [0.717, 1.165) is 56.0 Å². The van der Waals surface area contributed by atoms with Crippen LogP contribution < -0.4 is 15.4 Å². The van der Waals surface area contributed by atoms with Crippen LogP contribution in [0, 0.1) is 6.92 Å². The maximum Gasteiger partial charge on any atom is 0.191 e. The fourth-order valence-corrected chi connectivity index (χ4v) is 3.96. The molecule has 3 rings (SSSR count). The van der Waals surface area contributed by atoms with Gasteiger partial charge in [0.1, 0.15) is 18.1 Å². The molecule has 0 saturated carbocycles. The fraction of sp³-hybridized carbons (Fsp3) is 0.609. The number of methoxy groups -OCH3 is 2. The van der Waals surface area contributed by atoms with E-state index in [-0.39, 0.29) is 30.0 Å². The van der Waals surface area contributed by atoms with Gasteiger partial charge >= 0.3 is 0 Å². The highest BCUT2D eigenvalue weighted by molar-refractivity contribution is 14.0. The van der Waals surface area contributed by atoms with Gasteiger partial charge in [0.25, 0.3) is 0 Å². The normalized spacial score (nSPS) is 15.2. The summed E-state index contributed by atoms with van der Waals surface area (Å²) in [5.74, 6) is 3.40. The molecule has 9 nitrogen and oxygen atoms in total. The Labute approximate surface area is 214 Å². The van der Waals surface area contributed by atoms with E-state index in [1.807, 2.05) is 30.7 Å². The van der Waals surface area contributed by atoms with Crippen LogP contribution in [0.3, 0.4) is 0 Å². The summed E-state index contributed by atoms with van der Waals surface area (Å²) in [5, 5.41) is 15.4. The van der Waals surface area contributed by atoms with Crippen molar-refractivity contribution in [1.29, 1.82) is 0 Å². The number of benzene rings is 1. The van der Waals surface area contributed by atoms with Crippen LogP contribution >= 0.6 is 24.0 Å². The number of aromatic nitrogens is 3. The lowest BCUT2D eigenvalue weighted by Crippen LogP contribution is -2.43. The molecule has 0 radical (unpaired) electrons. The number of aryl methyl sites for hydroxylation is 1. The summed E-state index contributed by atoms with van der Waals surface area (Å²) in [4.78, 5) is 7.31. The standard InChI is InChI=1S/C23H37N7O2.HI/c1-18-27-28-22(29(18)2)17-26-23(24-12-9-15-31-3)25-16-20(30-13-7-8-14-30)19-10-5-6-11-21(19)32-4;/h5-6,10-11,20H,7-9,12-17H2,1-4H3,(H2,24,25,26);1H. The van der Waals surface area contributed by atoms with Crippen molar-refractivity contribution in [3.05, 3.63) is 41.5 Å². The topological polar surface area (TPSA) is 88.8 Å². The Morgan fingerprint density at radius 3 is 2.58 bits per heavy atom. The quantitative estimate of drug-likeness (QED) is 0.186. The number of guanidine groups is 1. The van der Waals surface area contributed by atoms with Crippen LogP contribution in [0.25, 0.3) is 0 Å². The minimum Gasteiger partial charge on any atom is -0.496 e. The fourth-order valence-electron chi connectivity index (χ4n) is 3.96. The Kier molecular flexibility index (Phi) is 11.9. The second kappa shape index (κ2) is 14.4. The van der Waals surface area contributed by atoms with Crippen LogP contribution in [0.5, 0.6) is 5.75 Å². The molecule has 0 bridgehead atoms. The van der Waals surface area contributed by atoms with Crippen molar-refractivity contribution >= 4 is 29.9 Å². The van der Waals surface area contributed by atoms with Gasteiger partial charge in [0.05, 0.1) is 13.2 Å². The first-order valence-electron chi connectivity index (χ1n) is 11.4. The number of aliphatic imine (C=N–C) groups is 1. The van der Waals surface area contributed by atoms with E-state index in [1.54, 1.807) is 14.2 Å². The summed E-state index contributed by atoms with van der Waals surface area (Å²) >= 11 is 0. The number of halogens is 1. The Morgan fingerprint density at radius 2 is 1.91 bits per heavy atom. The molecule has 1 aliphatic heterocycles. The molecule has 184 valence electrons. The number of hydrogen-bond acceptors (Lipinski definition) is 6. The zero-order valence-electron chi connectivity index (χ0n) is 20.2. The lowest BCUT2D eigenvalue weighted by atomic mass is 10.0.